The summed E-state index contributed by atoms with van der Waals surface area (Å²) in [6.07, 6.45) is 1.73. The van der Waals surface area contributed by atoms with Crippen LogP contribution < -0.4 is 14.8 Å². The third-order valence-electron chi connectivity index (χ3n) is 4.05. The van der Waals surface area contributed by atoms with Crippen LogP contribution >= 0.6 is 0 Å². The maximum Gasteiger partial charge on any atom is 0.161 e. The van der Waals surface area contributed by atoms with E-state index in [2.05, 4.69) is 16.3 Å². The summed E-state index contributed by atoms with van der Waals surface area (Å²) in [7, 11) is 3.31. The van der Waals surface area contributed by atoms with Crippen LogP contribution in [0.5, 0.6) is 11.5 Å². The third kappa shape index (κ3) is 2.96. The molecule has 1 unspecified atom stereocenters. The van der Waals surface area contributed by atoms with E-state index in [-0.39, 0.29) is 6.04 Å². The van der Waals surface area contributed by atoms with Gasteiger partial charge in [-0.05, 0) is 29.8 Å². The van der Waals surface area contributed by atoms with Crippen molar-refractivity contribution in [1.29, 1.82) is 0 Å². The summed E-state index contributed by atoms with van der Waals surface area (Å²) in [4.78, 5) is 2.43. The first kappa shape index (κ1) is 14.9. The molecular weight excluding hydrogens is 280 g/mol. The van der Waals surface area contributed by atoms with Crippen molar-refractivity contribution in [2.75, 3.05) is 40.4 Å². The molecule has 0 aliphatic carbocycles. The second-order valence-electron chi connectivity index (χ2n) is 5.32. The number of benzene rings is 1. The molecule has 1 atom stereocenters. The number of rotatable bonds is 5. The molecule has 0 bridgehead atoms. The Hall–Kier alpha value is -1.98. The normalized spacial score (nSPS) is 17.2. The minimum Gasteiger partial charge on any atom is -0.493 e. The molecule has 1 fully saturated rings. The molecule has 0 spiro atoms. The number of nitrogens with zero attached hydrogens (tertiary/aromatic N) is 1. The molecule has 0 radical (unpaired) electrons. The van der Waals surface area contributed by atoms with E-state index in [4.69, 9.17) is 13.9 Å². The Bertz CT molecular complexity index is 592. The molecular formula is C17H22N2O3. The lowest BCUT2D eigenvalue weighted by Crippen LogP contribution is -2.45. The number of nitrogens with one attached hydrogen (secondary N) is 1. The molecule has 118 valence electrons. The van der Waals surface area contributed by atoms with Crippen molar-refractivity contribution in [1.82, 2.24) is 10.2 Å². The molecule has 1 aromatic heterocycles. The van der Waals surface area contributed by atoms with Crippen LogP contribution in [0.25, 0.3) is 0 Å². The minimum atomic E-state index is 0.0944. The van der Waals surface area contributed by atoms with E-state index in [0.29, 0.717) is 0 Å². The van der Waals surface area contributed by atoms with Gasteiger partial charge in [0, 0.05) is 26.2 Å². The van der Waals surface area contributed by atoms with Gasteiger partial charge < -0.3 is 19.2 Å². The fourth-order valence-corrected chi connectivity index (χ4v) is 2.97. The topological polar surface area (TPSA) is 46.9 Å². The lowest BCUT2D eigenvalue weighted by atomic mass is 10.0. The quantitative estimate of drug-likeness (QED) is 0.918. The van der Waals surface area contributed by atoms with Gasteiger partial charge >= 0.3 is 0 Å². The molecule has 1 aromatic carbocycles. The molecule has 1 aliphatic heterocycles. The summed E-state index contributed by atoms with van der Waals surface area (Å²) < 4.78 is 16.5. The Morgan fingerprint density at radius 2 is 1.86 bits per heavy atom. The van der Waals surface area contributed by atoms with Crippen LogP contribution in [0.15, 0.2) is 41.0 Å². The van der Waals surface area contributed by atoms with E-state index in [1.165, 1.54) is 0 Å². The maximum absolute atomic E-state index is 5.70. The Morgan fingerprint density at radius 1 is 1.09 bits per heavy atom. The SMILES string of the molecule is COc1ccc(C(c2ccco2)N2CCNCC2)cc1OC. The summed E-state index contributed by atoms with van der Waals surface area (Å²) >= 11 is 0. The van der Waals surface area contributed by atoms with Crippen molar-refractivity contribution in [3.63, 3.8) is 0 Å². The van der Waals surface area contributed by atoms with Gasteiger partial charge in [0.2, 0.25) is 0 Å². The summed E-state index contributed by atoms with van der Waals surface area (Å²) in [5, 5.41) is 3.39. The van der Waals surface area contributed by atoms with E-state index in [1.54, 1.807) is 20.5 Å². The van der Waals surface area contributed by atoms with E-state index >= 15 is 0 Å². The van der Waals surface area contributed by atoms with Gasteiger partial charge in [-0.2, -0.15) is 0 Å². The van der Waals surface area contributed by atoms with Crippen LogP contribution in [-0.2, 0) is 0 Å². The van der Waals surface area contributed by atoms with Gasteiger partial charge in [-0.3, -0.25) is 4.90 Å². The second-order valence-corrected chi connectivity index (χ2v) is 5.32. The largest absolute Gasteiger partial charge is 0.493 e. The van der Waals surface area contributed by atoms with Crippen LogP contribution in [-0.4, -0.2) is 45.3 Å². The molecule has 2 aromatic rings. The van der Waals surface area contributed by atoms with Crippen molar-refractivity contribution >= 4 is 0 Å². The highest BCUT2D eigenvalue weighted by atomic mass is 16.5. The van der Waals surface area contributed by atoms with Crippen LogP contribution in [0, 0.1) is 0 Å². The summed E-state index contributed by atoms with van der Waals surface area (Å²) in [6, 6.07) is 10.1. The van der Waals surface area contributed by atoms with Crippen molar-refractivity contribution < 1.29 is 13.9 Å². The van der Waals surface area contributed by atoms with Crippen molar-refractivity contribution in [3.05, 3.63) is 47.9 Å². The average Bonchev–Trinajstić information content (AvgIpc) is 3.10. The Balaban J connectivity index is 1.98. The zero-order chi connectivity index (χ0) is 15.4. The first-order valence-electron chi connectivity index (χ1n) is 7.53. The molecule has 5 nitrogen and oxygen atoms in total. The zero-order valence-corrected chi connectivity index (χ0v) is 13.0. The number of piperazine rings is 1. The average molecular weight is 302 g/mol. The van der Waals surface area contributed by atoms with Gasteiger partial charge in [0.05, 0.1) is 26.5 Å². The Kier molecular flexibility index (Phi) is 4.65. The van der Waals surface area contributed by atoms with Crippen molar-refractivity contribution in [2.24, 2.45) is 0 Å². The summed E-state index contributed by atoms with van der Waals surface area (Å²) in [6.45, 7) is 3.95. The molecule has 22 heavy (non-hydrogen) atoms. The molecule has 1 aliphatic rings. The van der Waals surface area contributed by atoms with Gasteiger partial charge in [0.25, 0.3) is 0 Å². The second kappa shape index (κ2) is 6.85. The standard InChI is InChI=1S/C17H22N2O3/c1-20-14-6-5-13(12-16(14)21-2)17(15-4-3-11-22-15)19-9-7-18-8-10-19/h3-6,11-12,17-18H,7-10H2,1-2H3. The lowest BCUT2D eigenvalue weighted by Gasteiger charge is -2.34. The van der Waals surface area contributed by atoms with E-state index < -0.39 is 0 Å². The predicted molar refractivity (Wildman–Crippen MR) is 84.5 cm³/mol. The number of hydrogen-bond donors (Lipinski definition) is 1. The highest BCUT2D eigenvalue weighted by Crippen LogP contribution is 2.35. The minimum absolute atomic E-state index is 0.0944. The van der Waals surface area contributed by atoms with E-state index in [9.17, 15) is 0 Å². The summed E-state index contributed by atoms with van der Waals surface area (Å²) in [5.41, 5.74) is 1.15. The Morgan fingerprint density at radius 3 is 2.50 bits per heavy atom. The smallest absolute Gasteiger partial charge is 0.161 e. The molecule has 0 amide bonds. The predicted octanol–water partition coefficient (Wildman–Crippen LogP) is 2.29. The van der Waals surface area contributed by atoms with Crippen LogP contribution in [0.4, 0.5) is 0 Å². The highest BCUT2D eigenvalue weighted by molar-refractivity contribution is 5.45. The first-order chi connectivity index (χ1) is 10.8. The van der Waals surface area contributed by atoms with Gasteiger partial charge in [-0.15, -0.1) is 0 Å². The van der Waals surface area contributed by atoms with Crippen molar-refractivity contribution in [2.45, 2.75) is 6.04 Å². The molecule has 1 saturated heterocycles. The highest BCUT2D eigenvalue weighted by Gasteiger charge is 2.26. The third-order valence-corrected chi connectivity index (χ3v) is 4.05. The molecule has 3 rings (SSSR count). The number of furan rings is 1. The van der Waals surface area contributed by atoms with Gasteiger partial charge in [-0.25, -0.2) is 0 Å². The van der Waals surface area contributed by atoms with Crippen LogP contribution in [0.1, 0.15) is 17.4 Å². The Labute approximate surface area is 130 Å². The van der Waals surface area contributed by atoms with E-state index in [1.807, 2.05) is 24.3 Å². The van der Waals surface area contributed by atoms with Gasteiger partial charge in [0.1, 0.15) is 5.76 Å². The van der Waals surface area contributed by atoms with Crippen molar-refractivity contribution in [3.8, 4) is 11.5 Å². The number of methoxy groups -OCH3 is 2. The van der Waals surface area contributed by atoms with Gasteiger partial charge in [0.15, 0.2) is 11.5 Å². The van der Waals surface area contributed by atoms with E-state index in [0.717, 1.165) is 49.0 Å². The summed E-state index contributed by atoms with van der Waals surface area (Å²) in [5.74, 6) is 2.44. The number of ether oxygens (including phenoxy) is 2. The fraction of sp³-hybridized carbons (Fsp3) is 0.412. The van der Waals surface area contributed by atoms with Gasteiger partial charge in [-0.1, -0.05) is 6.07 Å². The first-order valence-corrected chi connectivity index (χ1v) is 7.53. The molecule has 1 N–H and O–H groups in total. The molecule has 5 heteroatoms. The lowest BCUT2D eigenvalue weighted by molar-refractivity contribution is 0.179. The monoisotopic (exact) mass is 302 g/mol. The zero-order valence-electron chi connectivity index (χ0n) is 13.0. The van der Waals surface area contributed by atoms with Crippen LogP contribution in [0.3, 0.4) is 0 Å². The van der Waals surface area contributed by atoms with Crippen LogP contribution in [0.2, 0.25) is 0 Å². The molecule has 0 saturated carbocycles. The maximum atomic E-state index is 5.70. The molecule has 2 heterocycles. The fourth-order valence-electron chi connectivity index (χ4n) is 2.97. The number of hydrogen-bond acceptors (Lipinski definition) is 5.